The molecule has 1 amide bonds. The van der Waals surface area contributed by atoms with Crippen molar-refractivity contribution < 1.29 is 13.2 Å². The summed E-state index contributed by atoms with van der Waals surface area (Å²) in [7, 11) is -1.83. The predicted molar refractivity (Wildman–Crippen MR) is 88.0 cm³/mol. The molecule has 1 aliphatic rings. The number of carbonyl (C=O) groups excluding carboxylic acids is 1. The molecule has 1 aromatic carbocycles. The molecule has 0 aliphatic heterocycles. The average molecular weight is 322 g/mol. The van der Waals surface area contributed by atoms with E-state index < -0.39 is 15.9 Å². The molecule has 1 aromatic rings. The van der Waals surface area contributed by atoms with E-state index in [4.69, 9.17) is 5.73 Å². The van der Waals surface area contributed by atoms with E-state index >= 15 is 0 Å². The van der Waals surface area contributed by atoms with Gasteiger partial charge in [0.1, 0.15) is 0 Å². The highest BCUT2D eigenvalue weighted by molar-refractivity contribution is 7.89. The Labute approximate surface area is 131 Å². The number of amides is 1. The SMILES string of the molecule is CNS(=O)(=O)CCc1ccc(C(N)=O)c(C2=CCCCC2)c1. The van der Waals surface area contributed by atoms with Gasteiger partial charge in [-0.2, -0.15) is 0 Å². The van der Waals surface area contributed by atoms with E-state index in [-0.39, 0.29) is 5.75 Å². The largest absolute Gasteiger partial charge is 0.366 e. The Morgan fingerprint density at radius 3 is 2.68 bits per heavy atom. The summed E-state index contributed by atoms with van der Waals surface area (Å²) in [5.74, 6) is -0.423. The van der Waals surface area contributed by atoms with Crippen molar-refractivity contribution in [2.24, 2.45) is 5.73 Å². The molecule has 22 heavy (non-hydrogen) atoms. The molecule has 0 saturated carbocycles. The Morgan fingerprint density at radius 1 is 1.32 bits per heavy atom. The normalized spacial score (nSPS) is 15.4. The molecule has 0 aromatic heterocycles. The molecule has 5 nitrogen and oxygen atoms in total. The lowest BCUT2D eigenvalue weighted by molar-refractivity contribution is 0.1000. The quantitative estimate of drug-likeness (QED) is 0.837. The van der Waals surface area contributed by atoms with E-state index in [1.807, 2.05) is 6.07 Å². The summed E-state index contributed by atoms with van der Waals surface area (Å²) in [6, 6.07) is 5.38. The minimum absolute atomic E-state index is 0.0257. The number of aryl methyl sites for hydroxylation is 1. The molecular formula is C16H22N2O3S. The molecule has 6 heteroatoms. The van der Waals surface area contributed by atoms with Crippen LogP contribution in [-0.2, 0) is 16.4 Å². The van der Waals surface area contributed by atoms with Gasteiger partial charge in [0.05, 0.1) is 5.75 Å². The fraction of sp³-hybridized carbons (Fsp3) is 0.438. The third kappa shape index (κ3) is 4.18. The number of primary amides is 1. The zero-order chi connectivity index (χ0) is 16.2. The van der Waals surface area contributed by atoms with Gasteiger partial charge in [-0.3, -0.25) is 4.79 Å². The molecule has 1 aliphatic carbocycles. The number of nitrogens with two attached hydrogens (primary N) is 1. The van der Waals surface area contributed by atoms with Crippen LogP contribution in [0.25, 0.3) is 5.57 Å². The van der Waals surface area contributed by atoms with Crippen LogP contribution in [0.2, 0.25) is 0 Å². The van der Waals surface area contributed by atoms with Crippen LogP contribution in [0.4, 0.5) is 0 Å². The van der Waals surface area contributed by atoms with Gasteiger partial charge in [0.25, 0.3) is 0 Å². The van der Waals surface area contributed by atoms with Crippen molar-refractivity contribution in [2.75, 3.05) is 12.8 Å². The van der Waals surface area contributed by atoms with Crippen molar-refractivity contribution in [3.63, 3.8) is 0 Å². The first-order valence-corrected chi connectivity index (χ1v) is 9.11. The van der Waals surface area contributed by atoms with E-state index in [1.54, 1.807) is 12.1 Å². The van der Waals surface area contributed by atoms with Gasteiger partial charge in [-0.25, -0.2) is 13.1 Å². The second kappa shape index (κ2) is 7.07. The molecule has 0 saturated heterocycles. The lowest BCUT2D eigenvalue weighted by Crippen LogP contribution is -2.23. The topological polar surface area (TPSA) is 89.3 Å². The van der Waals surface area contributed by atoms with Gasteiger partial charge in [-0.15, -0.1) is 0 Å². The maximum Gasteiger partial charge on any atom is 0.249 e. The Balaban J connectivity index is 2.31. The predicted octanol–water partition coefficient (Wildman–Crippen LogP) is 1.83. The summed E-state index contributed by atoms with van der Waals surface area (Å²) in [6.45, 7) is 0. The van der Waals surface area contributed by atoms with Crippen LogP contribution in [0.3, 0.4) is 0 Å². The number of carbonyl (C=O) groups is 1. The first-order valence-electron chi connectivity index (χ1n) is 7.46. The summed E-state index contributed by atoms with van der Waals surface area (Å²) in [4.78, 5) is 11.6. The van der Waals surface area contributed by atoms with E-state index in [9.17, 15) is 13.2 Å². The Morgan fingerprint density at radius 2 is 2.09 bits per heavy atom. The van der Waals surface area contributed by atoms with E-state index in [1.165, 1.54) is 7.05 Å². The Bertz CT molecular complexity index is 693. The molecule has 0 unspecified atom stereocenters. The molecule has 0 atom stereocenters. The summed E-state index contributed by atoms with van der Waals surface area (Å²) in [6.07, 6.45) is 6.75. The molecule has 0 fully saturated rings. The minimum atomic E-state index is -3.24. The minimum Gasteiger partial charge on any atom is -0.366 e. The molecule has 120 valence electrons. The third-order valence-corrected chi connectivity index (χ3v) is 5.32. The van der Waals surface area contributed by atoms with Crippen LogP contribution in [0.15, 0.2) is 24.3 Å². The summed E-state index contributed by atoms with van der Waals surface area (Å²) in [5.41, 5.74) is 8.86. The number of benzene rings is 1. The number of allylic oxidation sites excluding steroid dienone is 2. The van der Waals surface area contributed by atoms with Gasteiger partial charge in [0.15, 0.2) is 0 Å². The Kier molecular flexibility index (Phi) is 5.37. The molecule has 3 N–H and O–H groups in total. The van der Waals surface area contributed by atoms with E-state index in [0.717, 1.165) is 42.4 Å². The average Bonchev–Trinajstić information content (AvgIpc) is 2.53. The van der Waals surface area contributed by atoms with Crippen molar-refractivity contribution >= 4 is 21.5 Å². The van der Waals surface area contributed by atoms with Gasteiger partial charge in [0.2, 0.25) is 15.9 Å². The summed E-state index contributed by atoms with van der Waals surface area (Å²) in [5, 5.41) is 0. The van der Waals surface area contributed by atoms with Crippen LogP contribution < -0.4 is 10.5 Å². The van der Waals surface area contributed by atoms with Crippen molar-refractivity contribution in [3.8, 4) is 0 Å². The third-order valence-electron chi connectivity index (χ3n) is 3.96. The lowest BCUT2D eigenvalue weighted by Gasteiger charge is -2.16. The molecular weight excluding hydrogens is 300 g/mol. The fourth-order valence-electron chi connectivity index (χ4n) is 2.66. The van der Waals surface area contributed by atoms with Gasteiger partial charge in [-0.05, 0) is 61.9 Å². The molecule has 0 bridgehead atoms. The number of nitrogens with one attached hydrogen (secondary N) is 1. The van der Waals surface area contributed by atoms with Crippen molar-refractivity contribution in [2.45, 2.75) is 32.1 Å². The highest BCUT2D eigenvalue weighted by Gasteiger charge is 2.15. The maximum atomic E-state index is 11.6. The van der Waals surface area contributed by atoms with Crippen molar-refractivity contribution in [1.82, 2.24) is 4.72 Å². The zero-order valence-electron chi connectivity index (χ0n) is 12.8. The smallest absolute Gasteiger partial charge is 0.249 e. The van der Waals surface area contributed by atoms with Gasteiger partial charge in [0, 0.05) is 5.56 Å². The highest BCUT2D eigenvalue weighted by atomic mass is 32.2. The molecule has 0 radical (unpaired) electrons. The first kappa shape index (κ1) is 16.7. The second-order valence-electron chi connectivity index (χ2n) is 5.49. The number of sulfonamides is 1. The molecule has 0 heterocycles. The summed E-state index contributed by atoms with van der Waals surface area (Å²) < 4.78 is 25.4. The van der Waals surface area contributed by atoms with E-state index in [0.29, 0.717) is 12.0 Å². The molecule has 2 rings (SSSR count). The number of rotatable bonds is 6. The summed E-state index contributed by atoms with van der Waals surface area (Å²) >= 11 is 0. The van der Waals surface area contributed by atoms with Crippen LogP contribution >= 0.6 is 0 Å². The van der Waals surface area contributed by atoms with Crippen LogP contribution in [0.1, 0.15) is 47.2 Å². The van der Waals surface area contributed by atoms with Crippen LogP contribution in [0.5, 0.6) is 0 Å². The monoisotopic (exact) mass is 322 g/mol. The number of hydrogen-bond donors (Lipinski definition) is 2. The zero-order valence-corrected chi connectivity index (χ0v) is 13.6. The van der Waals surface area contributed by atoms with Gasteiger partial charge >= 0.3 is 0 Å². The number of hydrogen-bond acceptors (Lipinski definition) is 3. The first-order chi connectivity index (χ1) is 10.4. The van der Waals surface area contributed by atoms with Gasteiger partial charge in [-0.1, -0.05) is 18.2 Å². The Hall–Kier alpha value is -1.66. The second-order valence-corrected chi connectivity index (χ2v) is 7.54. The maximum absolute atomic E-state index is 11.6. The standard InChI is InChI=1S/C16H22N2O3S/c1-18-22(20,21)10-9-12-7-8-14(16(17)19)15(11-12)13-5-3-2-4-6-13/h5,7-8,11,18H,2-4,6,9-10H2,1H3,(H2,17,19). The van der Waals surface area contributed by atoms with Crippen molar-refractivity contribution in [1.29, 1.82) is 0 Å². The molecule has 0 spiro atoms. The highest BCUT2D eigenvalue weighted by Crippen LogP contribution is 2.29. The lowest BCUT2D eigenvalue weighted by atomic mass is 9.89. The van der Waals surface area contributed by atoms with Crippen LogP contribution in [0, 0.1) is 0 Å². The van der Waals surface area contributed by atoms with E-state index in [2.05, 4.69) is 10.8 Å². The van der Waals surface area contributed by atoms with Crippen LogP contribution in [-0.4, -0.2) is 27.1 Å². The fourth-order valence-corrected chi connectivity index (χ4v) is 3.37. The van der Waals surface area contributed by atoms with Crippen molar-refractivity contribution in [3.05, 3.63) is 41.0 Å². The van der Waals surface area contributed by atoms with Gasteiger partial charge < -0.3 is 5.73 Å².